The number of primary amides is 1. The number of benzene rings is 2. The molecule has 1 aliphatic rings. The molecule has 0 aromatic heterocycles. The van der Waals surface area contributed by atoms with E-state index in [9.17, 15) is 9.59 Å². The Hall–Kier alpha value is -2.66. The second kappa shape index (κ2) is 9.70. The van der Waals surface area contributed by atoms with E-state index in [0.717, 1.165) is 6.54 Å². The molecule has 1 saturated heterocycles. The van der Waals surface area contributed by atoms with Crippen molar-refractivity contribution in [2.45, 2.75) is 26.7 Å². The molecule has 3 rings (SSSR count). The highest BCUT2D eigenvalue weighted by Crippen LogP contribution is 2.27. The lowest BCUT2D eigenvalue weighted by molar-refractivity contribution is -0.134. The van der Waals surface area contributed by atoms with E-state index in [2.05, 4.69) is 48.2 Å². The topological polar surface area (TPSA) is 66.6 Å². The lowest BCUT2D eigenvalue weighted by Crippen LogP contribution is -2.37. The molecule has 0 aliphatic carbocycles. The van der Waals surface area contributed by atoms with Gasteiger partial charge in [-0.05, 0) is 37.0 Å². The number of amides is 2. The van der Waals surface area contributed by atoms with Crippen LogP contribution in [0.5, 0.6) is 0 Å². The summed E-state index contributed by atoms with van der Waals surface area (Å²) in [6.45, 7) is 7.56. The number of hydrogen-bond acceptors (Lipinski definition) is 3. The minimum atomic E-state index is -0.297. The molecule has 2 N–H and O–H groups in total. The predicted molar refractivity (Wildman–Crippen MR) is 116 cm³/mol. The van der Waals surface area contributed by atoms with Gasteiger partial charge in [-0.2, -0.15) is 0 Å². The molecule has 2 aromatic carbocycles. The normalized spacial score (nSPS) is 17.9. The zero-order valence-electron chi connectivity index (χ0n) is 17.4. The minimum Gasteiger partial charge on any atom is -0.370 e. The number of nitrogens with zero attached hydrogens (tertiary/aromatic N) is 2. The number of carbonyl (C=O) groups excluding carboxylic acids is 2. The first-order valence-electron chi connectivity index (χ1n) is 10.4. The summed E-state index contributed by atoms with van der Waals surface area (Å²) in [6.07, 6.45) is 1.01. The molecule has 1 aliphatic heterocycles. The maximum atomic E-state index is 13.2. The second-order valence-corrected chi connectivity index (χ2v) is 7.86. The van der Waals surface area contributed by atoms with Gasteiger partial charge in [0.1, 0.15) is 0 Å². The monoisotopic (exact) mass is 393 g/mol. The van der Waals surface area contributed by atoms with E-state index < -0.39 is 0 Å². The summed E-state index contributed by atoms with van der Waals surface area (Å²) in [5, 5.41) is 0. The molecule has 29 heavy (non-hydrogen) atoms. The smallest absolute Gasteiger partial charge is 0.227 e. The van der Waals surface area contributed by atoms with Gasteiger partial charge in [0.15, 0.2) is 0 Å². The zero-order chi connectivity index (χ0) is 20.8. The summed E-state index contributed by atoms with van der Waals surface area (Å²) in [6, 6.07) is 16.9. The molecule has 1 heterocycles. The Labute approximate surface area is 173 Å². The van der Waals surface area contributed by atoms with Crippen LogP contribution in [0.2, 0.25) is 0 Å². The molecule has 1 atom stereocenters. The first kappa shape index (κ1) is 21.1. The molecule has 1 unspecified atom stereocenters. The summed E-state index contributed by atoms with van der Waals surface area (Å²) >= 11 is 0. The van der Waals surface area contributed by atoms with Gasteiger partial charge in [0.05, 0.1) is 5.92 Å². The van der Waals surface area contributed by atoms with Crippen molar-refractivity contribution in [3.8, 4) is 11.1 Å². The standard InChI is InChI=1S/C24H31N3O2/c1-3-27-15-14-26(13-12-23(25)28)17-21(24(27)29)16-20-6-4-5-7-22(20)19-10-8-18(2)9-11-19/h4-11,21H,3,12-17H2,1-2H3,(H2,25,28). The van der Waals surface area contributed by atoms with E-state index in [1.165, 1.54) is 22.3 Å². The van der Waals surface area contributed by atoms with Gasteiger partial charge in [0.25, 0.3) is 0 Å². The minimum absolute atomic E-state index is 0.128. The SMILES string of the molecule is CCN1CCN(CCC(N)=O)CC(Cc2ccccc2-c2ccc(C)cc2)C1=O. The molecule has 0 saturated carbocycles. The van der Waals surface area contributed by atoms with Crippen molar-refractivity contribution in [2.24, 2.45) is 11.7 Å². The van der Waals surface area contributed by atoms with E-state index in [0.29, 0.717) is 39.0 Å². The van der Waals surface area contributed by atoms with Crippen molar-refractivity contribution in [3.05, 3.63) is 59.7 Å². The number of carbonyl (C=O) groups is 2. The fraction of sp³-hybridized carbons (Fsp3) is 0.417. The van der Waals surface area contributed by atoms with Crippen LogP contribution >= 0.6 is 0 Å². The van der Waals surface area contributed by atoms with Gasteiger partial charge in [-0.15, -0.1) is 0 Å². The molecule has 2 aromatic rings. The molecule has 5 heteroatoms. The number of hydrogen-bond donors (Lipinski definition) is 1. The van der Waals surface area contributed by atoms with Crippen LogP contribution in [0.3, 0.4) is 0 Å². The molecular weight excluding hydrogens is 362 g/mol. The lowest BCUT2D eigenvalue weighted by atomic mass is 9.91. The van der Waals surface area contributed by atoms with Crippen LogP contribution in [0.15, 0.2) is 48.5 Å². The van der Waals surface area contributed by atoms with Crippen LogP contribution < -0.4 is 5.73 Å². The highest BCUT2D eigenvalue weighted by molar-refractivity contribution is 5.80. The maximum absolute atomic E-state index is 13.2. The molecular formula is C24H31N3O2. The van der Waals surface area contributed by atoms with Gasteiger partial charge in [-0.3, -0.25) is 9.59 Å². The van der Waals surface area contributed by atoms with Crippen molar-refractivity contribution >= 4 is 11.8 Å². The Morgan fingerprint density at radius 2 is 1.83 bits per heavy atom. The first-order chi connectivity index (χ1) is 14.0. The van der Waals surface area contributed by atoms with E-state index in [1.54, 1.807) is 0 Å². The third-order valence-electron chi connectivity index (χ3n) is 5.73. The summed E-state index contributed by atoms with van der Waals surface area (Å²) in [5.74, 6) is -0.223. The van der Waals surface area contributed by atoms with Crippen molar-refractivity contribution < 1.29 is 9.59 Å². The van der Waals surface area contributed by atoms with Gasteiger partial charge in [-0.25, -0.2) is 0 Å². The highest BCUT2D eigenvalue weighted by Gasteiger charge is 2.30. The van der Waals surface area contributed by atoms with Crippen LogP contribution in [0.1, 0.15) is 24.5 Å². The molecule has 1 fully saturated rings. The average Bonchev–Trinajstić information content (AvgIpc) is 2.86. The van der Waals surface area contributed by atoms with Gasteiger partial charge < -0.3 is 15.5 Å². The summed E-state index contributed by atoms with van der Waals surface area (Å²) in [4.78, 5) is 28.5. The third-order valence-corrected chi connectivity index (χ3v) is 5.73. The zero-order valence-corrected chi connectivity index (χ0v) is 17.4. The second-order valence-electron chi connectivity index (χ2n) is 7.86. The van der Waals surface area contributed by atoms with Crippen LogP contribution in [0.25, 0.3) is 11.1 Å². The Kier molecular flexibility index (Phi) is 7.04. The molecule has 154 valence electrons. The first-order valence-corrected chi connectivity index (χ1v) is 10.4. The van der Waals surface area contributed by atoms with Gasteiger partial charge in [0, 0.05) is 39.1 Å². The quantitative estimate of drug-likeness (QED) is 0.787. The van der Waals surface area contributed by atoms with Crippen LogP contribution in [-0.2, 0) is 16.0 Å². The number of rotatable bonds is 7. The Morgan fingerprint density at radius 3 is 2.52 bits per heavy atom. The summed E-state index contributed by atoms with van der Waals surface area (Å²) in [7, 11) is 0. The number of aryl methyl sites for hydroxylation is 1. The van der Waals surface area contributed by atoms with E-state index in [-0.39, 0.29) is 17.7 Å². The summed E-state index contributed by atoms with van der Waals surface area (Å²) in [5.41, 5.74) is 10.1. The highest BCUT2D eigenvalue weighted by atomic mass is 16.2. The molecule has 2 amide bonds. The Morgan fingerprint density at radius 1 is 1.10 bits per heavy atom. The van der Waals surface area contributed by atoms with Gasteiger partial charge in [0.2, 0.25) is 11.8 Å². The largest absolute Gasteiger partial charge is 0.370 e. The Balaban J connectivity index is 1.85. The van der Waals surface area contributed by atoms with Crippen molar-refractivity contribution in [3.63, 3.8) is 0 Å². The van der Waals surface area contributed by atoms with E-state index in [4.69, 9.17) is 5.73 Å². The van der Waals surface area contributed by atoms with Crippen LogP contribution in [0.4, 0.5) is 0 Å². The summed E-state index contributed by atoms with van der Waals surface area (Å²) < 4.78 is 0. The van der Waals surface area contributed by atoms with Crippen LogP contribution in [-0.4, -0.2) is 54.3 Å². The predicted octanol–water partition coefficient (Wildman–Crippen LogP) is 2.86. The molecule has 0 bridgehead atoms. The number of likely N-dealkylation sites (N-methyl/N-ethyl adjacent to an activating group) is 1. The molecule has 0 radical (unpaired) electrons. The van der Waals surface area contributed by atoms with Crippen molar-refractivity contribution in [1.82, 2.24) is 9.80 Å². The van der Waals surface area contributed by atoms with Crippen molar-refractivity contribution in [2.75, 3.05) is 32.7 Å². The van der Waals surface area contributed by atoms with E-state index >= 15 is 0 Å². The van der Waals surface area contributed by atoms with E-state index in [1.807, 2.05) is 24.0 Å². The fourth-order valence-corrected chi connectivity index (χ4v) is 4.03. The van der Waals surface area contributed by atoms with Crippen molar-refractivity contribution in [1.29, 1.82) is 0 Å². The Bertz CT molecular complexity index is 847. The fourth-order valence-electron chi connectivity index (χ4n) is 4.03. The maximum Gasteiger partial charge on any atom is 0.227 e. The van der Waals surface area contributed by atoms with Gasteiger partial charge in [-0.1, -0.05) is 54.1 Å². The van der Waals surface area contributed by atoms with Crippen LogP contribution in [0, 0.1) is 12.8 Å². The average molecular weight is 394 g/mol. The van der Waals surface area contributed by atoms with Gasteiger partial charge >= 0.3 is 0 Å². The molecule has 0 spiro atoms. The molecule has 5 nitrogen and oxygen atoms in total. The number of nitrogens with two attached hydrogens (primary N) is 1. The third kappa shape index (κ3) is 5.45. The lowest BCUT2D eigenvalue weighted by Gasteiger charge is -2.24.